The SMILES string of the molecule is CC(C)OC(=O)CCCO[P@@]1(=O)OC[C@H]2O[C@@H](n3ccc(=O)[nH]c3=O)[C@@]3(C)C[C@@]23O1. The summed E-state index contributed by atoms with van der Waals surface area (Å²) in [6, 6.07) is 1.24. The highest BCUT2D eigenvalue weighted by molar-refractivity contribution is 7.48. The second-order valence-electron chi connectivity index (χ2n) is 8.29. The number of carbonyl (C=O) groups excluding carboxylic acids is 1. The van der Waals surface area contributed by atoms with E-state index in [1.165, 1.54) is 16.8 Å². The third-order valence-corrected chi connectivity index (χ3v) is 7.25. The molecule has 5 atom stereocenters. The molecule has 12 heteroatoms. The third kappa shape index (κ3) is 3.58. The molecule has 3 fully saturated rings. The maximum Gasteiger partial charge on any atom is 0.475 e. The molecule has 3 aliphatic rings. The zero-order valence-electron chi connectivity index (χ0n) is 17.0. The largest absolute Gasteiger partial charge is 0.475 e. The third-order valence-electron chi connectivity index (χ3n) is 5.73. The molecule has 1 aliphatic carbocycles. The summed E-state index contributed by atoms with van der Waals surface area (Å²) in [5.41, 5.74) is -2.64. The molecular weight excluding hydrogens is 419 g/mol. The summed E-state index contributed by atoms with van der Waals surface area (Å²) in [7, 11) is -3.85. The van der Waals surface area contributed by atoms with Crippen LogP contribution in [0, 0.1) is 5.41 Å². The number of phosphoric acid groups is 1. The summed E-state index contributed by atoms with van der Waals surface area (Å²) in [5, 5.41) is 0. The van der Waals surface area contributed by atoms with E-state index in [2.05, 4.69) is 4.98 Å². The fourth-order valence-corrected chi connectivity index (χ4v) is 5.85. The second kappa shape index (κ2) is 7.42. The molecule has 3 heterocycles. The van der Waals surface area contributed by atoms with Gasteiger partial charge in [-0.15, -0.1) is 0 Å². The minimum atomic E-state index is -3.85. The van der Waals surface area contributed by atoms with Crippen LogP contribution in [-0.2, 0) is 32.4 Å². The van der Waals surface area contributed by atoms with Gasteiger partial charge in [-0.3, -0.25) is 32.7 Å². The first-order valence-electron chi connectivity index (χ1n) is 9.85. The van der Waals surface area contributed by atoms with Crippen molar-refractivity contribution in [2.24, 2.45) is 5.41 Å². The lowest BCUT2D eigenvalue weighted by Crippen LogP contribution is -2.39. The molecule has 1 aromatic heterocycles. The zero-order valence-corrected chi connectivity index (χ0v) is 17.9. The molecule has 166 valence electrons. The summed E-state index contributed by atoms with van der Waals surface area (Å²) in [4.78, 5) is 37.3. The number of nitrogens with zero attached hydrogens (tertiary/aromatic N) is 1. The number of ether oxygens (including phenoxy) is 2. The summed E-state index contributed by atoms with van der Waals surface area (Å²) in [6.45, 7) is 5.38. The average Bonchev–Trinajstić information content (AvgIpc) is 3.15. The number of rotatable bonds is 7. The molecule has 2 saturated heterocycles. The summed E-state index contributed by atoms with van der Waals surface area (Å²) in [6.07, 6.45) is 0.874. The van der Waals surface area contributed by atoms with Gasteiger partial charge in [0.1, 0.15) is 17.9 Å². The van der Waals surface area contributed by atoms with E-state index in [-0.39, 0.29) is 31.7 Å². The molecule has 0 aromatic carbocycles. The number of hydrogen-bond acceptors (Lipinski definition) is 9. The molecule has 30 heavy (non-hydrogen) atoms. The van der Waals surface area contributed by atoms with Crippen molar-refractivity contribution >= 4 is 13.8 Å². The number of carbonyl (C=O) groups is 1. The molecule has 11 nitrogen and oxygen atoms in total. The van der Waals surface area contributed by atoms with Gasteiger partial charge >= 0.3 is 19.5 Å². The number of nitrogens with one attached hydrogen (secondary N) is 1. The van der Waals surface area contributed by atoms with Gasteiger partial charge < -0.3 is 9.47 Å². The Morgan fingerprint density at radius 3 is 2.90 bits per heavy atom. The van der Waals surface area contributed by atoms with Gasteiger partial charge in [0, 0.05) is 24.1 Å². The Labute approximate surface area is 172 Å². The lowest BCUT2D eigenvalue weighted by Gasteiger charge is -2.33. The monoisotopic (exact) mass is 444 g/mol. The first-order valence-corrected chi connectivity index (χ1v) is 11.3. The summed E-state index contributed by atoms with van der Waals surface area (Å²) in [5.74, 6) is -0.357. The van der Waals surface area contributed by atoms with Crippen LogP contribution in [0.15, 0.2) is 21.9 Å². The van der Waals surface area contributed by atoms with Crippen molar-refractivity contribution < 1.29 is 32.4 Å². The van der Waals surface area contributed by atoms with Crippen LogP contribution in [-0.4, -0.2) is 46.5 Å². The van der Waals surface area contributed by atoms with Gasteiger partial charge in [0.25, 0.3) is 5.56 Å². The standard InChI is InChI=1S/C18H25N2O9P/c1-11(2)27-14(22)5-4-8-25-30(24)26-9-12-18(29-30)10-17(18,3)15(28-12)20-7-6-13(21)19-16(20)23/h6-7,11-12,15H,4-5,8-10H2,1-3H3,(H,19,21,23)/t12-,15-,17-,18-,30+/m1/s1. The molecule has 1 spiro atoms. The van der Waals surface area contributed by atoms with Gasteiger partial charge in [0.2, 0.25) is 0 Å². The first-order chi connectivity index (χ1) is 14.1. The van der Waals surface area contributed by atoms with E-state index >= 15 is 0 Å². The molecule has 0 bridgehead atoms. The van der Waals surface area contributed by atoms with Crippen molar-refractivity contribution in [2.45, 2.75) is 64.1 Å². The molecule has 0 radical (unpaired) electrons. The normalized spacial score (nSPS) is 36.9. The number of esters is 1. The highest BCUT2D eigenvalue weighted by Crippen LogP contribution is 2.78. The maximum absolute atomic E-state index is 13.0. The van der Waals surface area contributed by atoms with Gasteiger partial charge in [-0.05, 0) is 26.7 Å². The molecule has 1 aromatic rings. The van der Waals surface area contributed by atoms with E-state index in [4.69, 9.17) is 23.0 Å². The van der Waals surface area contributed by atoms with Crippen LogP contribution < -0.4 is 11.2 Å². The van der Waals surface area contributed by atoms with Crippen LogP contribution in [0.25, 0.3) is 0 Å². The van der Waals surface area contributed by atoms with Crippen molar-refractivity contribution in [3.05, 3.63) is 33.1 Å². The van der Waals surface area contributed by atoms with Crippen LogP contribution >= 0.6 is 7.82 Å². The van der Waals surface area contributed by atoms with Crippen LogP contribution in [0.3, 0.4) is 0 Å². The number of hydrogen-bond donors (Lipinski definition) is 1. The molecule has 1 N–H and O–H groups in total. The Hall–Kier alpha value is -1.78. The maximum atomic E-state index is 13.0. The molecule has 2 aliphatic heterocycles. The zero-order chi connectivity index (χ0) is 21.7. The molecular formula is C18H25N2O9P. The average molecular weight is 444 g/mol. The Balaban J connectivity index is 1.40. The van der Waals surface area contributed by atoms with E-state index in [1.54, 1.807) is 13.8 Å². The molecule has 1 saturated carbocycles. The highest BCUT2D eigenvalue weighted by atomic mass is 31.2. The molecule has 4 rings (SSSR count). The van der Waals surface area contributed by atoms with Gasteiger partial charge in [-0.2, -0.15) is 0 Å². The van der Waals surface area contributed by atoms with E-state index in [1.807, 2.05) is 6.92 Å². The minimum absolute atomic E-state index is 0.00556. The summed E-state index contributed by atoms with van der Waals surface area (Å²) >= 11 is 0. The van der Waals surface area contributed by atoms with E-state index in [0.717, 1.165) is 0 Å². The minimum Gasteiger partial charge on any atom is -0.463 e. The van der Waals surface area contributed by atoms with Crippen LogP contribution in [0.4, 0.5) is 0 Å². The number of aromatic amines is 1. The number of H-pyrrole nitrogens is 1. The van der Waals surface area contributed by atoms with Crippen LogP contribution in [0.5, 0.6) is 0 Å². The van der Waals surface area contributed by atoms with E-state index in [0.29, 0.717) is 12.8 Å². The van der Waals surface area contributed by atoms with Crippen molar-refractivity contribution in [1.29, 1.82) is 0 Å². The van der Waals surface area contributed by atoms with Crippen molar-refractivity contribution in [3.63, 3.8) is 0 Å². The van der Waals surface area contributed by atoms with Gasteiger partial charge in [-0.25, -0.2) is 9.36 Å². The van der Waals surface area contributed by atoms with Crippen molar-refractivity contribution in [2.75, 3.05) is 13.2 Å². The lowest BCUT2D eigenvalue weighted by molar-refractivity contribution is -0.147. The topological polar surface area (TPSA) is 135 Å². The predicted molar refractivity (Wildman–Crippen MR) is 102 cm³/mol. The lowest BCUT2D eigenvalue weighted by atomic mass is 10.0. The quantitative estimate of drug-likeness (QED) is 0.377. The fraction of sp³-hybridized carbons (Fsp3) is 0.722. The first kappa shape index (κ1) is 21.5. The smallest absolute Gasteiger partial charge is 0.463 e. The predicted octanol–water partition coefficient (Wildman–Crippen LogP) is 1.49. The van der Waals surface area contributed by atoms with Gasteiger partial charge in [-0.1, -0.05) is 6.92 Å². The van der Waals surface area contributed by atoms with Crippen LogP contribution in [0.1, 0.15) is 46.3 Å². The Kier molecular flexibility index (Phi) is 5.31. The Bertz CT molecular complexity index is 1000. The molecule has 0 unspecified atom stereocenters. The highest BCUT2D eigenvalue weighted by Gasteiger charge is 2.82. The number of phosphoric ester groups is 1. The number of aromatic nitrogens is 2. The Morgan fingerprint density at radius 1 is 1.43 bits per heavy atom. The molecule has 0 amide bonds. The summed E-state index contributed by atoms with van der Waals surface area (Å²) < 4.78 is 41.8. The van der Waals surface area contributed by atoms with E-state index in [9.17, 15) is 18.9 Å². The van der Waals surface area contributed by atoms with Crippen molar-refractivity contribution in [1.82, 2.24) is 9.55 Å². The van der Waals surface area contributed by atoms with E-state index < -0.39 is 42.4 Å². The van der Waals surface area contributed by atoms with Gasteiger partial charge in [0.05, 0.1) is 19.3 Å². The van der Waals surface area contributed by atoms with Crippen molar-refractivity contribution in [3.8, 4) is 0 Å². The van der Waals surface area contributed by atoms with Crippen LogP contribution in [0.2, 0.25) is 0 Å². The fourth-order valence-electron chi connectivity index (χ4n) is 4.21. The van der Waals surface area contributed by atoms with Gasteiger partial charge in [0.15, 0.2) is 0 Å². The Morgan fingerprint density at radius 2 is 2.20 bits per heavy atom. The second-order valence-corrected chi connectivity index (χ2v) is 9.88.